The fraction of sp³-hybridized carbons (Fsp3) is 0.714. The Morgan fingerprint density at radius 3 is 1.67 bits per heavy atom. The second-order valence-corrected chi connectivity index (χ2v) is 2.67. The summed E-state index contributed by atoms with van der Waals surface area (Å²) < 4.78 is 4.42. The van der Waals surface area contributed by atoms with Crippen molar-refractivity contribution in [2.24, 2.45) is 5.41 Å². The number of esters is 1. The van der Waals surface area contributed by atoms with Gasteiger partial charge in [-0.25, -0.2) is 0 Å². The van der Waals surface area contributed by atoms with Crippen LogP contribution in [-0.2, 0) is 14.3 Å². The highest BCUT2D eigenvalue weighted by atomic mass is 128. The summed E-state index contributed by atoms with van der Waals surface area (Å²) in [6.07, 6.45) is 0. The monoisotopic (exact) mass is 398 g/mol. The normalized spacial score (nSPS) is 9.50. The molecule has 0 saturated heterocycles. The molecular formula is C7H12I2O3. The van der Waals surface area contributed by atoms with Crippen molar-refractivity contribution in [1.29, 1.82) is 0 Å². The minimum Gasteiger partial charge on any atom is -0.468 e. The standard InChI is InChI=1S/C7H12O3.I2/c1-5(8)7(2,3)6(9)10-4;1-2/h1-4H3;. The van der Waals surface area contributed by atoms with Gasteiger partial charge >= 0.3 is 5.97 Å². The highest BCUT2D eigenvalue weighted by Gasteiger charge is 2.33. The van der Waals surface area contributed by atoms with Crippen LogP contribution in [-0.4, -0.2) is 18.9 Å². The first-order chi connectivity index (χ1) is 5.42. The number of hydrogen-bond acceptors (Lipinski definition) is 3. The lowest BCUT2D eigenvalue weighted by atomic mass is 9.89. The van der Waals surface area contributed by atoms with Crippen molar-refractivity contribution in [2.45, 2.75) is 20.8 Å². The van der Waals surface area contributed by atoms with Gasteiger partial charge in [-0.3, -0.25) is 9.59 Å². The van der Waals surface area contributed by atoms with Crippen molar-refractivity contribution in [2.75, 3.05) is 7.11 Å². The Morgan fingerprint density at radius 1 is 1.25 bits per heavy atom. The van der Waals surface area contributed by atoms with Crippen molar-refractivity contribution in [3.63, 3.8) is 0 Å². The maximum atomic E-state index is 10.8. The third-order valence-electron chi connectivity index (χ3n) is 1.58. The SMILES string of the molecule is COC(=O)C(C)(C)C(C)=O.II. The van der Waals surface area contributed by atoms with Gasteiger partial charge in [0.25, 0.3) is 0 Å². The number of carbonyl (C=O) groups excluding carboxylic acids is 2. The second-order valence-electron chi connectivity index (χ2n) is 2.67. The molecule has 0 spiro atoms. The van der Waals surface area contributed by atoms with Gasteiger partial charge in [-0.1, -0.05) is 0 Å². The first kappa shape index (κ1) is 15.1. The molecule has 0 aliphatic carbocycles. The van der Waals surface area contributed by atoms with E-state index >= 15 is 0 Å². The first-order valence-electron chi connectivity index (χ1n) is 3.16. The minimum absolute atomic E-state index is 0.181. The summed E-state index contributed by atoms with van der Waals surface area (Å²) in [5.74, 6) is -0.667. The Morgan fingerprint density at radius 2 is 1.58 bits per heavy atom. The molecule has 0 rings (SSSR count). The van der Waals surface area contributed by atoms with Crippen LogP contribution < -0.4 is 0 Å². The van der Waals surface area contributed by atoms with Crippen molar-refractivity contribution in [3.8, 4) is 0 Å². The molecule has 0 heterocycles. The maximum Gasteiger partial charge on any atom is 0.318 e. The van der Waals surface area contributed by atoms with Crippen LogP contribution in [0, 0.1) is 5.41 Å². The number of hydrogen-bond donors (Lipinski definition) is 0. The van der Waals surface area contributed by atoms with Crippen LogP contribution in [0.5, 0.6) is 0 Å². The van der Waals surface area contributed by atoms with Crippen LogP contribution in [0.3, 0.4) is 0 Å². The van der Waals surface area contributed by atoms with E-state index in [0.717, 1.165) is 0 Å². The molecule has 0 saturated carbocycles. The number of rotatable bonds is 2. The van der Waals surface area contributed by atoms with Crippen LogP contribution >= 0.6 is 37.2 Å². The summed E-state index contributed by atoms with van der Waals surface area (Å²) in [5, 5.41) is 0. The predicted molar refractivity (Wildman–Crippen MR) is 64.5 cm³/mol. The average Bonchev–Trinajstić information content (AvgIpc) is 2.06. The van der Waals surface area contributed by atoms with Gasteiger partial charge in [0.05, 0.1) is 7.11 Å². The lowest BCUT2D eigenvalue weighted by Gasteiger charge is -2.16. The molecule has 0 N–H and O–H groups in total. The van der Waals surface area contributed by atoms with Gasteiger partial charge in [0.15, 0.2) is 0 Å². The zero-order chi connectivity index (χ0) is 10.4. The highest BCUT2D eigenvalue weighted by Crippen LogP contribution is 2.17. The highest BCUT2D eigenvalue weighted by molar-refractivity contribution is 15.0. The van der Waals surface area contributed by atoms with Crippen LogP contribution in [0.1, 0.15) is 20.8 Å². The van der Waals surface area contributed by atoms with Gasteiger partial charge in [-0.05, 0) is 20.8 Å². The Bertz CT molecular complexity index is 166. The molecule has 0 aromatic heterocycles. The molecule has 3 nitrogen and oxygen atoms in total. The summed E-state index contributed by atoms with van der Waals surface area (Å²) in [4.78, 5) is 21.6. The van der Waals surface area contributed by atoms with E-state index in [1.165, 1.54) is 14.0 Å². The molecule has 0 aromatic carbocycles. The predicted octanol–water partition coefficient (Wildman–Crippen LogP) is 2.55. The van der Waals surface area contributed by atoms with Crippen molar-refractivity contribution in [1.82, 2.24) is 0 Å². The molecule has 0 radical (unpaired) electrons. The fourth-order valence-corrected chi connectivity index (χ4v) is 0.399. The lowest BCUT2D eigenvalue weighted by molar-refractivity contribution is -0.155. The van der Waals surface area contributed by atoms with Gasteiger partial charge in [0.2, 0.25) is 0 Å². The molecule has 72 valence electrons. The molecule has 0 unspecified atom stereocenters. The van der Waals surface area contributed by atoms with Crippen molar-refractivity contribution >= 4 is 49.0 Å². The van der Waals surface area contributed by atoms with Crippen LogP contribution in [0.15, 0.2) is 0 Å². The van der Waals surface area contributed by atoms with Crippen molar-refractivity contribution < 1.29 is 14.3 Å². The summed E-state index contributed by atoms with van der Waals surface area (Å²) >= 11 is 4.24. The molecular weight excluding hydrogens is 386 g/mol. The van der Waals surface area contributed by atoms with Gasteiger partial charge in [-0.2, -0.15) is 0 Å². The van der Waals surface area contributed by atoms with E-state index in [1.54, 1.807) is 13.8 Å². The maximum absolute atomic E-state index is 10.8. The Balaban J connectivity index is 0. The summed E-state index contributed by atoms with van der Waals surface area (Å²) in [6, 6.07) is 0. The largest absolute Gasteiger partial charge is 0.468 e. The third-order valence-corrected chi connectivity index (χ3v) is 1.58. The first-order valence-corrected chi connectivity index (χ1v) is 9.45. The van der Waals surface area contributed by atoms with E-state index in [1.807, 2.05) is 0 Å². The Hall–Kier alpha value is 0.600. The molecule has 0 amide bonds. The summed E-state index contributed by atoms with van der Waals surface area (Å²) in [6.45, 7) is 4.46. The van der Waals surface area contributed by atoms with Gasteiger partial charge in [-0.15, -0.1) is 0 Å². The zero-order valence-electron chi connectivity index (χ0n) is 7.48. The lowest BCUT2D eigenvalue weighted by Crippen LogP contribution is -2.32. The van der Waals surface area contributed by atoms with Crippen molar-refractivity contribution in [3.05, 3.63) is 0 Å². The topological polar surface area (TPSA) is 43.4 Å². The van der Waals surface area contributed by atoms with E-state index in [2.05, 4.69) is 42.0 Å². The van der Waals surface area contributed by atoms with Crippen LogP contribution in [0.4, 0.5) is 0 Å². The number of carbonyl (C=O) groups is 2. The summed E-state index contributed by atoms with van der Waals surface area (Å²) in [7, 11) is 1.27. The Labute approximate surface area is 95.9 Å². The van der Waals surface area contributed by atoms with E-state index < -0.39 is 11.4 Å². The van der Waals surface area contributed by atoms with E-state index in [4.69, 9.17) is 0 Å². The Kier molecular flexibility index (Phi) is 8.86. The van der Waals surface area contributed by atoms with Crippen LogP contribution in [0.2, 0.25) is 0 Å². The fourth-order valence-electron chi connectivity index (χ4n) is 0.399. The number of halogens is 2. The van der Waals surface area contributed by atoms with Gasteiger partial charge < -0.3 is 4.74 Å². The van der Waals surface area contributed by atoms with E-state index in [0.29, 0.717) is 0 Å². The average molecular weight is 398 g/mol. The molecule has 0 fully saturated rings. The van der Waals surface area contributed by atoms with Gasteiger partial charge in [0.1, 0.15) is 11.2 Å². The molecule has 5 heteroatoms. The number of Topliss-reactive ketones (excluding diaryl/α,β-unsaturated/α-hetero) is 1. The quantitative estimate of drug-likeness (QED) is 0.408. The van der Waals surface area contributed by atoms with E-state index in [-0.39, 0.29) is 5.78 Å². The van der Waals surface area contributed by atoms with Crippen LogP contribution in [0.25, 0.3) is 0 Å². The number of ether oxygens (including phenoxy) is 1. The molecule has 0 aliphatic rings. The summed E-state index contributed by atoms with van der Waals surface area (Å²) in [5.41, 5.74) is -0.991. The third kappa shape index (κ3) is 4.58. The molecule has 12 heavy (non-hydrogen) atoms. The number of methoxy groups -OCH3 is 1. The molecule has 0 bridgehead atoms. The minimum atomic E-state index is -0.991. The molecule has 0 atom stereocenters. The zero-order valence-corrected chi connectivity index (χ0v) is 11.8. The molecule has 0 aliphatic heterocycles. The number of ketones is 1. The van der Waals surface area contributed by atoms with E-state index in [9.17, 15) is 9.59 Å². The second kappa shape index (κ2) is 7.05. The smallest absolute Gasteiger partial charge is 0.318 e. The van der Waals surface area contributed by atoms with Gasteiger partial charge in [0, 0.05) is 37.2 Å². The molecule has 0 aromatic rings.